The van der Waals surface area contributed by atoms with Crippen LogP contribution in [0.5, 0.6) is 0 Å². The second-order valence-electron chi connectivity index (χ2n) is 5.94. The Labute approximate surface area is 146 Å². The predicted octanol–water partition coefficient (Wildman–Crippen LogP) is 3.42. The minimum Gasteiger partial charge on any atom is -0.352 e. The monoisotopic (exact) mass is 335 g/mol. The van der Waals surface area contributed by atoms with Gasteiger partial charge in [-0.1, -0.05) is 18.2 Å². The summed E-state index contributed by atoms with van der Waals surface area (Å²) in [6.45, 7) is 2.92. The van der Waals surface area contributed by atoms with E-state index < -0.39 is 0 Å². The van der Waals surface area contributed by atoms with Crippen LogP contribution in [0.2, 0.25) is 0 Å². The van der Waals surface area contributed by atoms with Crippen LogP contribution in [0.4, 0.5) is 5.69 Å². The highest BCUT2D eigenvalue weighted by molar-refractivity contribution is 5.95. The summed E-state index contributed by atoms with van der Waals surface area (Å²) in [4.78, 5) is 23.1. The van der Waals surface area contributed by atoms with Gasteiger partial charge in [0.05, 0.1) is 0 Å². The van der Waals surface area contributed by atoms with Crippen LogP contribution in [0.1, 0.15) is 23.7 Å². The van der Waals surface area contributed by atoms with Gasteiger partial charge in [-0.15, -0.1) is 0 Å². The number of hydrogen-bond acceptors (Lipinski definition) is 2. The number of rotatable bonds is 6. The van der Waals surface area contributed by atoms with E-state index in [1.54, 1.807) is 24.3 Å². The number of nitrogens with zero attached hydrogens (tertiary/aromatic N) is 1. The number of anilines is 1. The number of hydrogen-bond donors (Lipinski definition) is 2. The molecule has 0 unspecified atom stereocenters. The average Bonchev–Trinajstić information content (AvgIpc) is 3.02. The minimum atomic E-state index is -0.130. The number of carbonyl (C=O) groups excluding carboxylic acids is 2. The molecule has 0 saturated heterocycles. The lowest BCUT2D eigenvalue weighted by Gasteiger charge is -2.08. The van der Waals surface area contributed by atoms with E-state index in [4.69, 9.17) is 0 Å². The first kappa shape index (κ1) is 16.8. The third kappa shape index (κ3) is 4.26. The molecule has 0 radical (unpaired) electrons. The van der Waals surface area contributed by atoms with E-state index in [9.17, 15) is 9.59 Å². The molecule has 0 atom stereocenters. The van der Waals surface area contributed by atoms with Gasteiger partial charge in [-0.2, -0.15) is 0 Å². The van der Waals surface area contributed by atoms with E-state index in [0.717, 1.165) is 13.0 Å². The SMILES string of the molecule is CC(=O)Nc1ccc(C(=O)NCCCn2ccc3ccccc32)cc1. The quantitative estimate of drug-likeness (QED) is 0.678. The zero-order valence-corrected chi connectivity index (χ0v) is 14.2. The lowest BCUT2D eigenvalue weighted by atomic mass is 10.2. The summed E-state index contributed by atoms with van der Waals surface area (Å²) in [6.07, 6.45) is 2.93. The third-order valence-corrected chi connectivity index (χ3v) is 4.01. The molecule has 5 heteroatoms. The average molecular weight is 335 g/mol. The largest absolute Gasteiger partial charge is 0.352 e. The van der Waals surface area contributed by atoms with Crippen molar-refractivity contribution in [2.75, 3.05) is 11.9 Å². The molecule has 0 aliphatic carbocycles. The van der Waals surface area contributed by atoms with Crippen LogP contribution in [0.15, 0.2) is 60.8 Å². The number of carbonyl (C=O) groups is 2. The number of amides is 2. The molecule has 2 N–H and O–H groups in total. The highest BCUT2D eigenvalue weighted by atomic mass is 16.2. The van der Waals surface area contributed by atoms with Crippen molar-refractivity contribution < 1.29 is 9.59 Å². The van der Waals surface area contributed by atoms with Crippen molar-refractivity contribution in [3.05, 3.63) is 66.4 Å². The fourth-order valence-electron chi connectivity index (χ4n) is 2.80. The number of fused-ring (bicyclic) bond motifs is 1. The molecule has 0 bridgehead atoms. The summed E-state index contributed by atoms with van der Waals surface area (Å²) in [6, 6.07) is 17.2. The van der Waals surface area contributed by atoms with Crippen molar-refractivity contribution in [1.29, 1.82) is 0 Å². The molecule has 2 amide bonds. The number of aromatic nitrogens is 1. The van der Waals surface area contributed by atoms with Crippen molar-refractivity contribution in [3.8, 4) is 0 Å². The van der Waals surface area contributed by atoms with E-state index in [0.29, 0.717) is 17.8 Å². The summed E-state index contributed by atoms with van der Waals surface area (Å²) in [5.74, 6) is -0.235. The fraction of sp³-hybridized carbons (Fsp3) is 0.200. The Morgan fingerprint density at radius 3 is 2.52 bits per heavy atom. The van der Waals surface area contributed by atoms with Gasteiger partial charge in [-0.05, 0) is 48.2 Å². The molecule has 128 valence electrons. The summed E-state index contributed by atoms with van der Waals surface area (Å²) in [5.41, 5.74) is 2.48. The second-order valence-corrected chi connectivity index (χ2v) is 5.94. The van der Waals surface area contributed by atoms with Gasteiger partial charge in [0.2, 0.25) is 5.91 Å². The molecule has 0 fully saturated rings. The van der Waals surface area contributed by atoms with Gasteiger partial charge >= 0.3 is 0 Å². The van der Waals surface area contributed by atoms with Crippen molar-refractivity contribution in [3.63, 3.8) is 0 Å². The van der Waals surface area contributed by atoms with Crippen LogP contribution < -0.4 is 10.6 Å². The molecule has 0 spiro atoms. The molecular weight excluding hydrogens is 314 g/mol. The van der Waals surface area contributed by atoms with Crippen LogP contribution in [-0.2, 0) is 11.3 Å². The van der Waals surface area contributed by atoms with Crippen molar-refractivity contribution in [2.45, 2.75) is 19.9 Å². The first-order valence-electron chi connectivity index (χ1n) is 8.33. The smallest absolute Gasteiger partial charge is 0.251 e. The number of nitrogens with one attached hydrogen (secondary N) is 2. The molecule has 25 heavy (non-hydrogen) atoms. The Balaban J connectivity index is 1.48. The van der Waals surface area contributed by atoms with E-state index in [-0.39, 0.29) is 11.8 Å². The van der Waals surface area contributed by atoms with Gasteiger partial charge < -0.3 is 15.2 Å². The summed E-state index contributed by atoms with van der Waals surface area (Å²) >= 11 is 0. The summed E-state index contributed by atoms with van der Waals surface area (Å²) < 4.78 is 2.20. The van der Waals surface area contributed by atoms with Gasteiger partial charge in [0, 0.05) is 43.0 Å². The molecule has 0 aliphatic heterocycles. The van der Waals surface area contributed by atoms with Gasteiger partial charge in [0.25, 0.3) is 5.91 Å². The lowest BCUT2D eigenvalue weighted by Crippen LogP contribution is -2.25. The van der Waals surface area contributed by atoms with Crippen molar-refractivity contribution in [1.82, 2.24) is 9.88 Å². The van der Waals surface area contributed by atoms with Crippen LogP contribution in [0.25, 0.3) is 10.9 Å². The topological polar surface area (TPSA) is 63.1 Å². The van der Waals surface area contributed by atoms with E-state index in [1.807, 2.05) is 12.1 Å². The molecule has 3 aromatic rings. The molecule has 2 aromatic carbocycles. The van der Waals surface area contributed by atoms with Crippen molar-refractivity contribution in [2.24, 2.45) is 0 Å². The standard InChI is InChI=1S/C20H21N3O2/c1-15(24)22-18-9-7-17(8-10-18)20(25)21-12-4-13-23-14-11-16-5-2-3-6-19(16)23/h2-3,5-11,14H,4,12-13H2,1H3,(H,21,25)(H,22,24). The summed E-state index contributed by atoms with van der Waals surface area (Å²) in [5, 5.41) is 6.84. The maximum absolute atomic E-state index is 12.1. The molecule has 3 rings (SSSR count). The Kier molecular flexibility index (Phi) is 5.14. The van der Waals surface area contributed by atoms with Gasteiger partial charge in [-0.25, -0.2) is 0 Å². The molecule has 0 aliphatic rings. The van der Waals surface area contributed by atoms with Gasteiger partial charge in [0.15, 0.2) is 0 Å². The minimum absolute atomic E-state index is 0.105. The second kappa shape index (κ2) is 7.66. The Hall–Kier alpha value is -3.08. The van der Waals surface area contributed by atoms with Crippen LogP contribution in [0, 0.1) is 0 Å². The molecule has 1 aromatic heterocycles. The maximum Gasteiger partial charge on any atom is 0.251 e. The molecule has 1 heterocycles. The highest BCUT2D eigenvalue weighted by Crippen LogP contribution is 2.15. The zero-order chi connectivity index (χ0) is 17.6. The van der Waals surface area contributed by atoms with E-state index >= 15 is 0 Å². The van der Waals surface area contributed by atoms with E-state index in [2.05, 4.69) is 39.6 Å². The molecule has 5 nitrogen and oxygen atoms in total. The normalized spacial score (nSPS) is 10.6. The maximum atomic E-state index is 12.1. The van der Waals surface area contributed by atoms with Gasteiger partial charge in [0.1, 0.15) is 0 Å². The van der Waals surface area contributed by atoms with Crippen LogP contribution >= 0.6 is 0 Å². The van der Waals surface area contributed by atoms with Crippen molar-refractivity contribution >= 4 is 28.4 Å². The van der Waals surface area contributed by atoms with Gasteiger partial charge in [-0.3, -0.25) is 9.59 Å². The number of aryl methyl sites for hydroxylation is 1. The predicted molar refractivity (Wildman–Crippen MR) is 99.6 cm³/mol. The Morgan fingerprint density at radius 2 is 1.76 bits per heavy atom. The zero-order valence-electron chi connectivity index (χ0n) is 14.2. The lowest BCUT2D eigenvalue weighted by molar-refractivity contribution is -0.114. The third-order valence-electron chi connectivity index (χ3n) is 4.01. The fourth-order valence-corrected chi connectivity index (χ4v) is 2.80. The first-order valence-corrected chi connectivity index (χ1v) is 8.33. The molecular formula is C20H21N3O2. The van der Waals surface area contributed by atoms with Crippen LogP contribution in [0.3, 0.4) is 0 Å². The summed E-state index contributed by atoms with van der Waals surface area (Å²) in [7, 11) is 0. The number of benzene rings is 2. The first-order chi connectivity index (χ1) is 12.1. The van der Waals surface area contributed by atoms with Crippen LogP contribution in [-0.4, -0.2) is 22.9 Å². The van der Waals surface area contributed by atoms with E-state index in [1.165, 1.54) is 17.8 Å². The Bertz CT molecular complexity index is 881. The highest BCUT2D eigenvalue weighted by Gasteiger charge is 2.05. The Morgan fingerprint density at radius 1 is 1.00 bits per heavy atom. The molecule has 0 saturated carbocycles. The number of para-hydroxylation sites is 1.